The van der Waals surface area contributed by atoms with Crippen LogP contribution in [0, 0.1) is 26.6 Å². The summed E-state index contributed by atoms with van der Waals surface area (Å²) in [4.78, 5) is 3.27. The molecule has 0 aliphatic carbocycles. The summed E-state index contributed by atoms with van der Waals surface area (Å²) >= 11 is 0. The molecule has 0 amide bonds. The van der Waals surface area contributed by atoms with Crippen molar-refractivity contribution in [1.29, 1.82) is 0 Å². The van der Waals surface area contributed by atoms with E-state index in [-0.39, 0.29) is 5.82 Å². The van der Waals surface area contributed by atoms with Gasteiger partial charge in [-0.2, -0.15) is 0 Å². The normalized spacial score (nSPS) is 11.2. The van der Waals surface area contributed by atoms with Crippen LogP contribution in [0.25, 0.3) is 22.2 Å². The van der Waals surface area contributed by atoms with Crippen molar-refractivity contribution >= 4 is 10.9 Å². The molecule has 2 nitrogen and oxygen atoms in total. The second kappa shape index (κ2) is 4.37. The minimum Gasteiger partial charge on any atom is -0.507 e. The number of rotatable bonds is 1. The van der Waals surface area contributed by atoms with E-state index in [1.54, 1.807) is 6.07 Å². The first kappa shape index (κ1) is 12.7. The van der Waals surface area contributed by atoms with Gasteiger partial charge in [0, 0.05) is 16.6 Å². The summed E-state index contributed by atoms with van der Waals surface area (Å²) in [6.07, 6.45) is 0. The first-order chi connectivity index (χ1) is 9.47. The molecule has 1 aromatic heterocycles. The molecule has 0 bridgehead atoms. The number of aromatic hydroxyl groups is 1. The van der Waals surface area contributed by atoms with Gasteiger partial charge < -0.3 is 10.1 Å². The van der Waals surface area contributed by atoms with Gasteiger partial charge in [-0.15, -0.1) is 0 Å². The van der Waals surface area contributed by atoms with Crippen LogP contribution in [0.15, 0.2) is 30.3 Å². The SMILES string of the molecule is Cc1cc(-c2[nH]c3cc(F)ccc3c2C)cc(C)c1O. The van der Waals surface area contributed by atoms with E-state index < -0.39 is 0 Å². The summed E-state index contributed by atoms with van der Waals surface area (Å²) < 4.78 is 13.3. The molecule has 2 aromatic carbocycles. The first-order valence-electron chi connectivity index (χ1n) is 6.56. The van der Waals surface area contributed by atoms with E-state index in [0.717, 1.165) is 38.9 Å². The second-order valence-electron chi connectivity index (χ2n) is 5.27. The predicted molar refractivity (Wildman–Crippen MR) is 79.6 cm³/mol. The van der Waals surface area contributed by atoms with Crippen LogP contribution in [0.3, 0.4) is 0 Å². The molecule has 0 spiro atoms. The van der Waals surface area contributed by atoms with Gasteiger partial charge in [0.05, 0.1) is 0 Å². The van der Waals surface area contributed by atoms with E-state index in [4.69, 9.17) is 0 Å². The van der Waals surface area contributed by atoms with Crippen molar-refractivity contribution in [2.75, 3.05) is 0 Å². The van der Waals surface area contributed by atoms with Crippen LogP contribution in [-0.4, -0.2) is 10.1 Å². The summed E-state index contributed by atoms with van der Waals surface area (Å²) in [6.45, 7) is 5.77. The fourth-order valence-corrected chi connectivity index (χ4v) is 2.70. The lowest BCUT2D eigenvalue weighted by atomic mass is 10.0. The number of fused-ring (bicyclic) bond motifs is 1. The largest absolute Gasteiger partial charge is 0.507 e. The molecule has 0 saturated heterocycles. The highest BCUT2D eigenvalue weighted by Gasteiger charge is 2.12. The molecule has 2 N–H and O–H groups in total. The number of benzene rings is 2. The Hall–Kier alpha value is -2.29. The zero-order valence-corrected chi connectivity index (χ0v) is 11.7. The Balaban J connectivity index is 2.27. The van der Waals surface area contributed by atoms with Crippen molar-refractivity contribution < 1.29 is 9.50 Å². The number of nitrogens with one attached hydrogen (secondary N) is 1. The molecule has 0 radical (unpaired) electrons. The number of halogens is 1. The molecule has 0 fully saturated rings. The minimum absolute atomic E-state index is 0.247. The summed E-state index contributed by atoms with van der Waals surface area (Å²) in [5, 5.41) is 10.9. The Bertz CT molecular complexity index is 794. The topological polar surface area (TPSA) is 36.0 Å². The number of phenols is 1. The number of aromatic amines is 1. The molecule has 0 unspecified atom stereocenters. The zero-order chi connectivity index (χ0) is 14.4. The van der Waals surface area contributed by atoms with Crippen molar-refractivity contribution in [2.45, 2.75) is 20.8 Å². The second-order valence-corrected chi connectivity index (χ2v) is 5.27. The van der Waals surface area contributed by atoms with Crippen LogP contribution in [0.4, 0.5) is 4.39 Å². The summed E-state index contributed by atoms with van der Waals surface area (Å²) in [5.74, 6) is 0.0805. The Labute approximate surface area is 116 Å². The Morgan fingerprint density at radius 2 is 1.65 bits per heavy atom. The maximum absolute atomic E-state index is 13.3. The van der Waals surface area contributed by atoms with Crippen LogP contribution in [0.1, 0.15) is 16.7 Å². The van der Waals surface area contributed by atoms with Gasteiger partial charge >= 0.3 is 0 Å². The van der Waals surface area contributed by atoms with E-state index in [0.29, 0.717) is 5.75 Å². The molecule has 0 aliphatic rings. The van der Waals surface area contributed by atoms with Gasteiger partial charge in [-0.3, -0.25) is 0 Å². The highest BCUT2D eigenvalue weighted by Crippen LogP contribution is 2.33. The number of hydrogen-bond acceptors (Lipinski definition) is 1. The van der Waals surface area contributed by atoms with Gasteiger partial charge in [0.25, 0.3) is 0 Å². The fourth-order valence-electron chi connectivity index (χ4n) is 2.70. The lowest BCUT2D eigenvalue weighted by Crippen LogP contribution is -1.86. The first-order valence-corrected chi connectivity index (χ1v) is 6.56. The van der Waals surface area contributed by atoms with E-state index in [2.05, 4.69) is 4.98 Å². The molecule has 3 aromatic rings. The van der Waals surface area contributed by atoms with E-state index in [1.165, 1.54) is 12.1 Å². The third-order valence-electron chi connectivity index (χ3n) is 3.80. The van der Waals surface area contributed by atoms with Crippen molar-refractivity contribution in [3.8, 4) is 17.0 Å². The van der Waals surface area contributed by atoms with Crippen molar-refractivity contribution in [1.82, 2.24) is 4.98 Å². The van der Waals surface area contributed by atoms with Gasteiger partial charge in [0.1, 0.15) is 11.6 Å². The van der Waals surface area contributed by atoms with Crippen LogP contribution in [0.2, 0.25) is 0 Å². The number of hydrogen-bond donors (Lipinski definition) is 2. The number of H-pyrrole nitrogens is 1. The van der Waals surface area contributed by atoms with E-state index in [9.17, 15) is 9.50 Å². The zero-order valence-electron chi connectivity index (χ0n) is 11.7. The highest BCUT2D eigenvalue weighted by molar-refractivity contribution is 5.90. The highest BCUT2D eigenvalue weighted by atomic mass is 19.1. The molecule has 0 aliphatic heterocycles. The van der Waals surface area contributed by atoms with Gasteiger partial charge in [-0.1, -0.05) is 0 Å². The van der Waals surface area contributed by atoms with Crippen molar-refractivity contribution in [3.63, 3.8) is 0 Å². The predicted octanol–water partition coefficient (Wildman–Crippen LogP) is 4.60. The molecule has 0 atom stereocenters. The number of phenolic OH excluding ortho intramolecular Hbond substituents is 1. The monoisotopic (exact) mass is 269 g/mol. The fraction of sp³-hybridized carbons (Fsp3) is 0.176. The van der Waals surface area contributed by atoms with Crippen LogP contribution in [-0.2, 0) is 0 Å². The molecular weight excluding hydrogens is 253 g/mol. The Morgan fingerprint density at radius 3 is 2.30 bits per heavy atom. The number of aromatic nitrogens is 1. The molecule has 102 valence electrons. The molecule has 3 heteroatoms. The maximum atomic E-state index is 13.3. The van der Waals surface area contributed by atoms with Gasteiger partial charge in [0.15, 0.2) is 0 Å². The third kappa shape index (κ3) is 1.86. The van der Waals surface area contributed by atoms with Gasteiger partial charge in [-0.25, -0.2) is 4.39 Å². The molecule has 0 saturated carbocycles. The van der Waals surface area contributed by atoms with Crippen LogP contribution < -0.4 is 0 Å². The van der Waals surface area contributed by atoms with E-state index in [1.807, 2.05) is 32.9 Å². The smallest absolute Gasteiger partial charge is 0.125 e. The average Bonchev–Trinajstić information content (AvgIpc) is 2.72. The summed E-state index contributed by atoms with van der Waals surface area (Å²) in [5.41, 5.74) is 5.53. The van der Waals surface area contributed by atoms with Crippen molar-refractivity contribution in [2.24, 2.45) is 0 Å². The summed E-state index contributed by atoms with van der Waals surface area (Å²) in [7, 11) is 0. The van der Waals surface area contributed by atoms with Crippen LogP contribution in [0.5, 0.6) is 5.75 Å². The van der Waals surface area contributed by atoms with Gasteiger partial charge in [0.2, 0.25) is 0 Å². The summed E-state index contributed by atoms with van der Waals surface area (Å²) in [6, 6.07) is 8.65. The van der Waals surface area contributed by atoms with Crippen LogP contribution >= 0.6 is 0 Å². The molecule has 3 rings (SSSR count). The molecular formula is C17H16FNO. The lowest BCUT2D eigenvalue weighted by molar-refractivity contribution is 0.467. The Morgan fingerprint density at radius 1 is 1.00 bits per heavy atom. The number of aryl methyl sites for hydroxylation is 3. The van der Waals surface area contributed by atoms with E-state index >= 15 is 0 Å². The molecule has 1 heterocycles. The molecule has 20 heavy (non-hydrogen) atoms. The minimum atomic E-state index is -0.247. The maximum Gasteiger partial charge on any atom is 0.125 e. The Kier molecular flexibility index (Phi) is 2.78. The third-order valence-corrected chi connectivity index (χ3v) is 3.80. The quantitative estimate of drug-likeness (QED) is 0.665. The average molecular weight is 269 g/mol. The van der Waals surface area contributed by atoms with Gasteiger partial charge in [-0.05, 0) is 73.4 Å². The standard InChI is InChI=1S/C17H16FNO/c1-9-6-12(7-10(2)17(9)20)16-11(3)14-5-4-13(18)8-15(14)19-16/h4-8,19-20H,1-3H3. The lowest BCUT2D eigenvalue weighted by Gasteiger charge is -2.07. The van der Waals surface area contributed by atoms with Crippen molar-refractivity contribution in [3.05, 3.63) is 52.8 Å².